The summed E-state index contributed by atoms with van der Waals surface area (Å²) < 4.78 is 0. The monoisotopic (exact) mass is 287 g/mol. The Bertz CT molecular complexity index is 519. The average Bonchev–Trinajstić information content (AvgIpc) is 3.28. The minimum Gasteiger partial charge on any atom is -0.354 e. The number of anilines is 1. The maximum atomic E-state index is 10.5. The predicted octanol–water partition coefficient (Wildman–Crippen LogP) is 1.69. The zero-order valence-corrected chi connectivity index (χ0v) is 12.1. The number of nitrogens with zero attached hydrogens (tertiary/aromatic N) is 1. The van der Waals surface area contributed by atoms with Crippen molar-refractivity contribution in [1.29, 1.82) is 5.41 Å². The normalized spacial score (nSPS) is 14.4. The van der Waals surface area contributed by atoms with Crippen molar-refractivity contribution in [2.24, 2.45) is 5.10 Å². The number of hydrogen-bond acceptors (Lipinski definition) is 4. The summed E-state index contributed by atoms with van der Waals surface area (Å²) in [7, 11) is 1.74. The lowest BCUT2D eigenvalue weighted by Gasteiger charge is -2.10. The minimum absolute atomic E-state index is 0.329. The number of carbonyl (C=O) groups is 1. The second-order valence-corrected chi connectivity index (χ2v) is 4.98. The summed E-state index contributed by atoms with van der Waals surface area (Å²) in [4.78, 5) is 10.5. The van der Waals surface area contributed by atoms with E-state index in [9.17, 15) is 4.79 Å². The number of benzene rings is 1. The van der Waals surface area contributed by atoms with Crippen LogP contribution in [0.5, 0.6) is 0 Å². The highest BCUT2D eigenvalue weighted by atomic mass is 16.1. The van der Waals surface area contributed by atoms with Crippen LogP contribution in [0, 0.1) is 5.41 Å². The van der Waals surface area contributed by atoms with Gasteiger partial charge in [-0.1, -0.05) is 12.1 Å². The van der Waals surface area contributed by atoms with E-state index in [1.54, 1.807) is 7.05 Å². The summed E-state index contributed by atoms with van der Waals surface area (Å²) in [6, 6.07) is 8.15. The molecule has 1 saturated carbocycles. The molecule has 1 fully saturated rings. The molecule has 4 N–H and O–H groups in total. The molecule has 0 aliphatic heterocycles. The van der Waals surface area contributed by atoms with Crippen LogP contribution in [0.4, 0.5) is 5.69 Å². The molecule has 1 aliphatic rings. The summed E-state index contributed by atoms with van der Waals surface area (Å²) in [5.74, 6) is 0.329. The second kappa shape index (κ2) is 7.42. The summed E-state index contributed by atoms with van der Waals surface area (Å²) >= 11 is 0. The van der Waals surface area contributed by atoms with E-state index in [2.05, 4.69) is 21.2 Å². The molecule has 112 valence electrons. The number of carbonyl (C=O) groups excluding carboxylic acids is 1. The van der Waals surface area contributed by atoms with E-state index in [4.69, 9.17) is 5.41 Å². The van der Waals surface area contributed by atoms with E-state index < -0.39 is 0 Å². The van der Waals surface area contributed by atoms with Crippen molar-refractivity contribution in [1.82, 2.24) is 10.7 Å². The number of guanidine groups is 1. The molecule has 6 nitrogen and oxygen atoms in total. The Morgan fingerprint density at radius 2 is 2.10 bits per heavy atom. The van der Waals surface area contributed by atoms with Gasteiger partial charge in [-0.2, -0.15) is 5.10 Å². The van der Waals surface area contributed by atoms with Crippen molar-refractivity contribution in [3.63, 3.8) is 0 Å². The first kappa shape index (κ1) is 15.0. The average molecular weight is 287 g/mol. The second-order valence-electron chi connectivity index (χ2n) is 4.98. The van der Waals surface area contributed by atoms with Gasteiger partial charge in [0.25, 0.3) is 0 Å². The summed E-state index contributed by atoms with van der Waals surface area (Å²) in [5, 5.41) is 18.1. The van der Waals surface area contributed by atoms with Crippen molar-refractivity contribution in [3.8, 4) is 0 Å². The molecule has 0 amide bonds. The van der Waals surface area contributed by atoms with E-state index >= 15 is 0 Å². The molecule has 6 heteroatoms. The van der Waals surface area contributed by atoms with Crippen LogP contribution in [0.2, 0.25) is 0 Å². The van der Waals surface area contributed by atoms with Crippen LogP contribution in [0.3, 0.4) is 0 Å². The number of aldehydes is 1. The summed E-state index contributed by atoms with van der Waals surface area (Å²) in [6.45, 7) is 0. The van der Waals surface area contributed by atoms with E-state index in [1.165, 1.54) is 0 Å². The Morgan fingerprint density at radius 3 is 2.67 bits per heavy atom. The maximum Gasteiger partial charge on any atom is 0.193 e. The summed E-state index contributed by atoms with van der Waals surface area (Å²) in [6.07, 6.45) is 4.24. The van der Waals surface area contributed by atoms with Gasteiger partial charge < -0.3 is 20.9 Å². The van der Waals surface area contributed by atoms with Gasteiger partial charge in [-0.25, -0.2) is 0 Å². The lowest BCUT2D eigenvalue weighted by molar-refractivity contribution is -0.107. The van der Waals surface area contributed by atoms with Gasteiger partial charge in [0.05, 0.1) is 5.71 Å². The van der Waals surface area contributed by atoms with Crippen LogP contribution in [0.1, 0.15) is 31.2 Å². The zero-order chi connectivity index (χ0) is 15.1. The number of rotatable bonds is 7. The molecular weight excluding hydrogens is 266 g/mol. The van der Waals surface area contributed by atoms with Crippen LogP contribution in [-0.2, 0) is 4.79 Å². The third-order valence-electron chi connectivity index (χ3n) is 3.16. The zero-order valence-electron chi connectivity index (χ0n) is 12.1. The lowest BCUT2D eigenvalue weighted by atomic mass is 10.1. The van der Waals surface area contributed by atoms with Crippen LogP contribution in [0.25, 0.3) is 0 Å². The highest BCUT2D eigenvalue weighted by Crippen LogP contribution is 2.19. The topological polar surface area (TPSA) is 89.4 Å². The van der Waals surface area contributed by atoms with Gasteiger partial charge >= 0.3 is 0 Å². The molecule has 0 atom stereocenters. The first-order valence-electron chi connectivity index (χ1n) is 7.12. The first-order valence-corrected chi connectivity index (χ1v) is 7.12. The third-order valence-corrected chi connectivity index (χ3v) is 3.16. The molecule has 21 heavy (non-hydrogen) atoms. The van der Waals surface area contributed by atoms with Gasteiger partial charge in [-0.15, -0.1) is 0 Å². The Morgan fingerprint density at radius 1 is 1.38 bits per heavy atom. The molecule has 0 saturated heterocycles. The largest absolute Gasteiger partial charge is 0.354 e. The minimum atomic E-state index is 0.329. The SMILES string of the molecule is CN/N=C(\CCC=O)c1ccc(NC(=N)NC2CC2)cc1. The van der Waals surface area contributed by atoms with Gasteiger partial charge in [0.15, 0.2) is 5.96 Å². The third kappa shape index (κ3) is 4.91. The van der Waals surface area contributed by atoms with Gasteiger partial charge in [-0.05, 0) is 37.0 Å². The fourth-order valence-electron chi connectivity index (χ4n) is 1.95. The molecule has 0 radical (unpaired) electrons. The molecule has 1 aromatic carbocycles. The molecule has 1 aromatic rings. The Labute approximate surface area is 124 Å². The number of hydrazone groups is 1. The molecule has 1 aliphatic carbocycles. The smallest absolute Gasteiger partial charge is 0.193 e. The van der Waals surface area contributed by atoms with Crippen LogP contribution < -0.4 is 16.1 Å². The molecule has 0 unspecified atom stereocenters. The molecule has 0 heterocycles. The quantitative estimate of drug-likeness (QED) is 0.266. The molecule has 2 rings (SSSR count). The lowest BCUT2D eigenvalue weighted by Crippen LogP contribution is -2.31. The Kier molecular flexibility index (Phi) is 5.31. The Balaban J connectivity index is 1.97. The highest BCUT2D eigenvalue weighted by molar-refractivity contribution is 6.01. The van der Waals surface area contributed by atoms with E-state index in [-0.39, 0.29) is 0 Å². The molecule has 0 spiro atoms. The first-order chi connectivity index (χ1) is 10.2. The highest BCUT2D eigenvalue weighted by Gasteiger charge is 2.21. The van der Waals surface area contributed by atoms with Gasteiger partial charge in [-0.3, -0.25) is 5.41 Å². The van der Waals surface area contributed by atoms with Crippen molar-refractivity contribution < 1.29 is 4.79 Å². The van der Waals surface area contributed by atoms with E-state index in [0.717, 1.165) is 36.1 Å². The van der Waals surface area contributed by atoms with Crippen LogP contribution in [-0.4, -0.2) is 31.0 Å². The van der Waals surface area contributed by atoms with E-state index in [1.807, 2.05) is 24.3 Å². The van der Waals surface area contributed by atoms with Gasteiger partial charge in [0.1, 0.15) is 6.29 Å². The standard InChI is InChI=1S/C15H21N5O/c1-17-20-14(3-2-10-21)11-4-6-12(7-5-11)18-15(16)19-13-8-9-13/h4-7,10,13,17H,2-3,8-9H2,1H3,(H3,16,18,19)/b20-14+. The predicted molar refractivity (Wildman–Crippen MR) is 84.8 cm³/mol. The fraction of sp³-hybridized carbons (Fsp3) is 0.400. The maximum absolute atomic E-state index is 10.5. The number of nitrogens with one attached hydrogen (secondary N) is 4. The molecule has 0 bridgehead atoms. The van der Waals surface area contributed by atoms with Crippen LogP contribution in [0.15, 0.2) is 29.4 Å². The summed E-state index contributed by atoms with van der Waals surface area (Å²) in [5.41, 5.74) is 5.44. The van der Waals surface area contributed by atoms with E-state index in [0.29, 0.717) is 24.8 Å². The molecular formula is C15H21N5O. The Hall–Kier alpha value is -2.37. The van der Waals surface area contributed by atoms with Gasteiger partial charge in [0.2, 0.25) is 0 Å². The number of hydrogen-bond donors (Lipinski definition) is 4. The van der Waals surface area contributed by atoms with Crippen molar-refractivity contribution in [2.45, 2.75) is 31.7 Å². The van der Waals surface area contributed by atoms with Crippen molar-refractivity contribution >= 4 is 23.6 Å². The van der Waals surface area contributed by atoms with Crippen molar-refractivity contribution in [3.05, 3.63) is 29.8 Å². The van der Waals surface area contributed by atoms with Crippen molar-refractivity contribution in [2.75, 3.05) is 12.4 Å². The van der Waals surface area contributed by atoms with Gasteiger partial charge in [0, 0.05) is 25.2 Å². The van der Waals surface area contributed by atoms with Crippen LogP contribution >= 0.6 is 0 Å². The fourth-order valence-corrected chi connectivity index (χ4v) is 1.95. The molecule has 0 aromatic heterocycles.